The molecule has 0 saturated carbocycles. The lowest BCUT2D eigenvalue weighted by molar-refractivity contribution is -0.384. The second-order valence-corrected chi connectivity index (χ2v) is 5.34. The molecular formula is C13H13BrN4O3. The summed E-state index contributed by atoms with van der Waals surface area (Å²) in [4.78, 5) is 22.4. The second kappa shape index (κ2) is 6.04. The molecule has 2 aromatic rings. The van der Waals surface area contributed by atoms with Gasteiger partial charge in [-0.15, -0.1) is 0 Å². The second-order valence-electron chi connectivity index (χ2n) is 4.48. The lowest BCUT2D eigenvalue weighted by Gasteiger charge is -2.07. The van der Waals surface area contributed by atoms with E-state index in [1.807, 2.05) is 14.0 Å². The number of nitrogens with zero attached hydrogens (tertiary/aromatic N) is 3. The molecule has 0 bridgehead atoms. The molecule has 0 aliphatic rings. The van der Waals surface area contributed by atoms with Gasteiger partial charge in [0.05, 0.1) is 16.7 Å². The molecule has 1 aromatic carbocycles. The molecule has 1 heterocycles. The Morgan fingerprint density at radius 2 is 2.24 bits per heavy atom. The van der Waals surface area contributed by atoms with E-state index in [1.165, 1.54) is 18.2 Å². The number of nitro benzene ring substituents is 1. The third-order valence-electron chi connectivity index (χ3n) is 3.18. The number of amides is 1. The summed E-state index contributed by atoms with van der Waals surface area (Å²) in [6.45, 7) is 2.21. The highest BCUT2D eigenvalue weighted by Gasteiger charge is 2.16. The summed E-state index contributed by atoms with van der Waals surface area (Å²) in [6.07, 6.45) is 1.68. The quantitative estimate of drug-likeness (QED) is 0.675. The maximum Gasteiger partial charge on any atom is 0.270 e. The average molecular weight is 353 g/mol. The van der Waals surface area contributed by atoms with Gasteiger partial charge >= 0.3 is 0 Å². The van der Waals surface area contributed by atoms with E-state index >= 15 is 0 Å². The number of nitrogens with one attached hydrogen (secondary N) is 1. The van der Waals surface area contributed by atoms with Crippen LogP contribution in [0.2, 0.25) is 0 Å². The Bertz CT molecular complexity index is 711. The van der Waals surface area contributed by atoms with Gasteiger partial charge in [-0.1, -0.05) is 0 Å². The van der Waals surface area contributed by atoms with Crippen molar-refractivity contribution in [1.29, 1.82) is 0 Å². The predicted octanol–water partition coefficient (Wildman–Crippen LogP) is 2.33. The van der Waals surface area contributed by atoms with E-state index in [0.717, 1.165) is 11.3 Å². The molecular weight excluding hydrogens is 340 g/mol. The molecule has 0 spiro atoms. The van der Waals surface area contributed by atoms with Crippen molar-refractivity contribution in [3.05, 3.63) is 55.8 Å². The minimum Gasteiger partial charge on any atom is -0.348 e. The molecule has 0 unspecified atom stereocenters. The highest BCUT2D eigenvalue weighted by atomic mass is 79.9. The van der Waals surface area contributed by atoms with Crippen LogP contribution in [0.15, 0.2) is 28.9 Å². The molecule has 0 fully saturated rings. The van der Waals surface area contributed by atoms with E-state index in [2.05, 4.69) is 26.3 Å². The molecule has 0 aliphatic carbocycles. The summed E-state index contributed by atoms with van der Waals surface area (Å²) in [7, 11) is 1.82. The van der Waals surface area contributed by atoms with Crippen molar-refractivity contribution in [1.82, 2.24) is 15.1 Å². The van der Waals surface area contributed by atoms with E-state index in [9.17, 15) is 14.9 Å². The molecule has 1 amide bonds. The molecule has 7 nitrogen and oxygen atoms in total. The Labute approximate surface area is 129 Å². The number of hydrogen-bond acceptors (Lipinski definition) is 4. The van der Waals surface area contributed by atoms with Crippen molar-refractivity contribution >= 4 is 27.5 Å². The zero-order chi connectivity index (χ0) is 15.6. The van der Waals surface area contributed by atoms with Gasteiger partial charge in [-0.2, -0.15) is 5.10 Å². The Morgan fingerprint density at radius 3 is 2.81 bits per heavy atom. The molecule has 1 N–H and O–H groups in total. The van der Waals surface area contributed by atoms with Crippen molar-refractivity contribution < 1.29 is 9.72 Å². The molecule has 0 aliphatic heterocycles. The van der Waals surface area contributed by atoms with Crippen LogP contribution in [0.4, 0.5) is 5.69 Å². The number of halogens is 1. The first-order chi connectivity index (χ1) is 9.90. The van der Waals surface area contributed by atoms with E-state index in [-0.39, 0.29) is 17.2 Å². The Morgan fingerprint density at radius 1 is 1.52 bits per heavy atom. The van der Waals surface area contributed by atoms with Crippen LogP contribution in [0.25, 0.3) is 0 Å². The van der Waals surface area contributed by atoms with Gasteiger partial charge < -0.3 is 5.32 Å². The zero-order valence-corrected chi connectivity index (χ0v) is 13.0. The Kier molecular flexibility index (Phi) is 4.37. The molecule has 8 heteroatoms. The number of aryl methyl sites for hydroxylation is 1. The van der Waals surface area contributed by atoms with Gasteiger partial charge in [-0.3, -0.25) is 19.6 Å². The fourth-order valence-corrected chi connectivity index (χ4v) is 2.22. The number of benzene rings is 1. The van der Waals surface area contributed by atoms with Gasteiger partial charge in [0.15, 0.2) is 0 Å². The topological polar surface area (TPSA) is 90.1 Å². The van der Waals surface area contributed by atoms with Crippen LogP contribution < -0.4 is 5.32 Å². The first-order valence-corrected chi connectivity index (χ1v) is 6.89. The zero-order valence-electron chi connectivity index (χ0n) is 11.5. The highest BCUT2D eigenvalue weighted by Crippen LogP contribution is 2.22. The molecule has 21 heavy (non-hydrogen) atoms. The van der Waals surface area contributed by atoms with Crippen LogP contribution in [0.5, 0.6) is 0 Å². The smallest absolute Gasteiger partial charge is 0.270 e. The first kappa shape index (κ1) is 15.2. The number of nitro groups is 1. The predicted molar refractivity (Wildman–Crippen MR) is 79.9 cm³/mol. The van der Waals surface area contributed by atoms with Gasteiger partial charge in [0, 0.05) is 41.5 Å². The Balaban J connectivity index is 2.15. The summed E-state index contributed by atoms with van der Waals surface area (Å²) >= 11 is 3.23. The average Bonchev–Trinajstić information content (AvgIpc) is 2.76. The van der Waals surface area contributed by atoms with Crippen molar-refractivity contribution in [3.63, 3.8) is 0 Å². The first-order valence-electron chi connectivity index (χ1n) is 6.09. The third-order valence-corrected chi connectivity index (χ3v) is 3.87. The van der Waals surface area contributed by atoms with Crippen molar-refractivity contribution in [2.75, 3.05) is 0 Å². The van der Waals surface area contributed by atoms with Gasteiger partial charge in [0.25, 0.3) is 11.6 Å². The summed E-state index contributed by atoms with van der Waals surface area (Å²) in [6, 6.07) is 4.07. The molecule has 0 saturated heterocycles. The SMILES string of the molecule is Cc1c(CNC(=O)c2cc([N+](=O)[O-])ccc2Br)cnn1C. The van der Waals surface area contributed by atoms with Crippen LogP contribution in [-0.4, -0.2) is 20.6 Å². The standard InChI is InChI=1S/C13H13BrN4O3/c1-8-9(7-16-17(8)2)6-15-13(19)11-5-10(18(20)21)3-4-12(11)14/h3-5,7H,6H2,1-2H3,(H,15,19). The maximum atomic E-state index is 12.1. The number of rotatable bonds is 4. The van der Waals surface area contributed by atoms with E-state index in [4.69, 9.17) is 0 Å². The number of carbonyl (C=O) groups excluding carboxylic acids is 1. The molecule has 110 valence electrons. The van der Waals surface area contributed by atoms with Crippen LogP contribution in [0.3, 0.4) is 0 Å². The minimum absolute atomic E-state index is 0.124. The lowest BCUT2D eigenvalue weighted by Crippen LogP contribution is -2.23. The van der Waals surface area contributed by atoms with E-state index in [1.54, 1.807) is 10.9 Å². The molecule has 2 rings (SSSR count). The van der Waals surface area contributed by atoms with Gasteiger partial charge in [-0.25, -0.2) is 0 Å². The summed E-state index contributed by atoms with van der Waals surface area (Å²) in [5.74, 6) is -0.381. The third kappa shape index (κ3) is 3.27. The van der Waals surface area contributed by atoms with Gasteiger partial charge in [-0.05, 0) is 28.9 Å². The minimum atomic E-state index is -0.533. The maximum absolute atomic E-state index is 12.1. The summed E-state index contributed by atoms with van der Waals surface area (Å²) < 4.78 is 2.22. The van der Waals surface area contributed by atoms with Crippen molar-refractivity contribution in [2.45, 2.75) is 13.5 Å². The van der Waals surface area contributed by atoms with Crippen molar-refractivity contribution in [3.8, 4) is 0 Å². The number of non-ortho nitro benzene ring substituents is 1. The van der Waals surface area contributed by atoms with Crippen LogP contribution in [-0.2, 0) is 13.6 Å². The van der Waals surface area contributed by atoms with E-state index in [0.29, 0.717) is 11.0 Å². The van der Waals surface area contributed by atoms with Crippen LogP contribution >= 0.6 is 15.9 Å². The highest BCUT2D eigenvalue weighted by molar-refractivity contribution is 9.10. The normalized spacial score (nSPS) is 10.4. The molecule has 0 atom stereocenters. The van der Waals surface area contributed by atoms with Crippen molar-refractivity contribution in [2.24, 2.45) is 7.05 Å². The Hall–Kier alpha value is -2.22. The fraction of sp³-hybridized carbons (Fsp3) is 0.231. The van der Waals surface area contributed by atoms with Gasteiger partial charge in [0.2, 0.25) is 0 Å². The van der Waals surface area contributed by atoms with E-state index < -0.39 is 4.92 Å². The number of aromatic nitrogens is 2. The monoisotopic (exact) mass is 352 g/mol. The fourth-order valence-electron chi connectivity index (χ4n) is 1.79. The molecule has 1 aromatic heterocycles. The summed E-state index contributed by atoms with van der Waals surface area (Å²) in [5, 5.41) is 17.6. The molecule has 0 radical (unpaired) electrons. The van der Waals surface area contributed by atoms with Gasteiger partial charge in [0.1, 0.15) is 0 Å². The van der Waals surface area contributed by atoms with Crippen LogP contribution in [0.1, 0.15) is 21.6 Å². The largest absolute Gasteiger partial charge is 0.348 e. The number of hydrogen-bond donors (Lipinski definition) is 1. The number of carbonyl (C=O) groups is 1. The lowest BCUT2D eigenvalue weighted by atomic mass is 10.2. The van der Waals surface area contributed by atoms with Crippen LogP contribution in [0, 0.1) is 17.0 Å². The summed E-state index contributed by atoms with van der Waals surface area (Å²) in [5.41, 5.74) is 1.95.